The maximum Gasteiger partial charge on any atom is 0.270 e. The molecule has 4 aromatic rings. The number of nitrogens with one attached hydrogen (secondary N) is 1. The van der Waals surface area contributed by atoms with Crippen LogP contribution in [0.2, 0.25) is 0 Å². The number of nitriles is 1. The van der Waals surface area contributed by atoms with E-state index in [4.69, 9.17) is 4.98 Å². The van der Waals surface area contributed by atoms with E-state index in [1.54, 1.807) is 16.9 Å². The Balaban J connectivity index is 1.30. The van der Waals surface area contributed by atoms with Gasteiger partial charge in [-0.1, -0.05) is 6.07 Å². The van der Waals surface area contributed by atoms with Gasteiger partial charge in [0, 0.05) is 52.8 Å². The molecular weight excluding hydrogens is 506 g/mol. The van der Waals surface area contributed by atoms with Crippen LogP contribution in [0, 0.1) is 18.3 Å². The van der Waals surface area contributed by atoms with Gasteiger partial charge in [0.1, 0.15) is 17.6 Å². The molecule has 1 aliphatic heterocycles. The van der Waals surface area contributed by atoms with Crippen molar-refractivity contribution in [2.75, 3.05) is 18.0 Å². The van der Waals surface area contributed by atoms with Gasteiger partial charge in [-0.3, -0.25) is 9.78 Å². The van der Waals surface area contributed by atoms with E-state index in [1.807, 2.05) is 49.6 Å². The second-order valence-corrected chi connectivity index (χ2v) is 10.0. The lowest BCUT2D eigenvalue weighted by Gasteiger charge is -2.40. The smallest absolute Gasteiger partial charge is 0.270 e. The van der Waals surface area contributed by atoms with Crippen LogP contribution in [0.3, 0.4) is 0 Å². The number of fused-ring (bicyclic) bond motifs is 1. The fourth-order valence-electron chi connectivity index (χ4n) is 4.53. The summed E-state index contributed by atoms with van der Waals surface area (Å²) in [6, 6.07) is 12.0. The van der Waals surface area contributed by atoms with E-state index in [9.17, 15) is 10.1 Å². The second-order valence-electron chi connectivity index (χ2n) is 9.11. The predicted molar refractivity (Wildman–Crippen MR) is 137 cm³/mol. The number of pyridine rings is 3. The number of hydrogen-bond donors (Lipinski definition) is 1. The van der Waals surface area contributed by atoms with Gasteiger partial charge in [-0.05, 0) is 72.4 Å². The molecule has 0 spiro atoms. The second kappa shape index (κ2) is 9.12. The van der Waals surface area contributed by atoms with Gasteiger partial charge in [0.05, 0.1) is 17.3 Å². The number of carbonyl (C=O) groups is 1. The zero-order valence-corrected chi connectivity index (χ0v) is 21.1. The van der Waals surface area contributed by atoms with Crippen LogP contribution in [0.5, 0.6) is 0 Å². The van der Waals surface area contributed by atoms with Crippen LogP contribution in [0.25, 0.3) is 16.6 Å². The van der Waals surface area contributed by atoms with Gasteiger partial charge in [0.15, 0.2) is 0 Å². The molecule has 1 N–H and O–H groups in total. The molecule has 1 fully saturated rings. The molecule has 0 aliphatic carbocycles. The molecule has 1 aliphatic rings. The summed E-state index contributed by atoms with van der Waals surface area (Å²) in [4.78, 5) is 24.0. The number of hydrogen-bond acceptors (Lipinski definition) is 6. The highest BCUT2D eigenvalue weighted by molar-refractivity contribution is 9.10. The number of aryl methyl sites for hydroxylation is 1. The first kappa shape index (κ1) is 23.0. The quantitative estimate of drug-likeness (QED) is 0.417. The zero-order chi connectivity index (χ0) is 24.6. The van der Waals surface area contributed by atoms with Crippen molar-refractivity contribution in [3.05, 3.63) is 76.4 Å². The van der Waals surface area contributed by atoms with Gasteiger partial charge in [0.25, 0.3) is 5.91 Å². The van der Waals surface area contributed by atoms with E-state index in [0.29, 0.717) is 11.3 Å². The summed E-state index contributed by atoms with van der Waals surface area (Å²) < 4.78 is 2.58. The third-order valence-corrected chi connectivity index (χ3v) is 7.02. The van der Waals surface area contributed by atoms with Crippen LogP contribution in [-0.4, -0.2) is 44.1 Å². The van der Waals surface area contributed by atoms with E-state index in [0.717, 1.165) is 58.4 Å². The topological polar surface area (TPSA) is 99.2 Å². The number of carbonyl (C=O) groups excluding carboxylic acids is 1. The van der Waals surface area contributed by atoms with Gasteiger partial charge >= 0.3 is 0 Å². The Hall–Kier alpha value is -3.77. The summed E-state index contributed by atoms with van der Waals surface area (Å²) in [5, 5.41) is 17.0. The van der Waals surface area contributed by atoms with Gasteiger partial charge in [-0.2, -0.15) is 10.4 Å². The molecule has 1 saturated heterocycles. The van der Waals surface area contributed by atoms with Crippen molar-refractivity contribution >= 4 is 33.2 Å². The van der Waals surface area contributed by atoms with Crippen molar-refractivity contribution in [3.63, 3.8) is 0 Å². The molecule has 0 atom stereocenters. The van der Waals surface area contributed by atoms with E-state index in [2.05, 4.69) is 49.2 Å². The summed E-state index contributed by atoms with van der Waals surface area (Å²) in [6.45, 7) is 5.56. The summed E-state index contributed by atoms with van der Waals surface area (Å²) in [6.07, 6.45) is 8.51. The Labute approximate surface area is 211 Å². The minimum Gasteiger partial charge on any atom is -0.356 e. The lowest BCUT2D eigenvalue weighted by atomic mass is 9.89. The van der Waals surface area contributed by atoms with Crippen molar-refractivity contribution in [2.24, 2.45) is 0 Å². The van der Waals surface area contributed by atoms with Gasteiger partial charge < -0.3 is 10.2 Å². The number of piperidine rings is 1. The first-order valence-corrected chi connectivity index (χ1v) is 12.2. The fraction of sp³-hybridized carbons (Fsp3) is 0.269. The number of nitrogens with zero attached hydrogens (tertiary/aromatic N) is 6. The maximum atomic E-state index is 12.8. The molecule has 0 bridgehead atoms. The number of rotatable bonds is 4. The van der Waals surface area contributed by atoms with Gasteiger partial charge in [-0.15, -0.1) is 0 Å². The number of anilines is 1. The molecule has 0 radical (unpaired) electrons. The summed E-state index contributed by atoms with van der Waals surface area (Å²) in [7, 11) is 0. The Morgan fingerprint density at radius 3 is 2.69 bits per heavy atom. The normalized spacial score (nSPS) is 15.1. The van der Waals surface area contributed by atoms with E-state index >= 15 is 0 Å². The molecule has 9 heteroatoms. The molecule has 1 amide bonds. The summed E-state index contributed by atoms with van der Waals surface area (Å²) in [5.41, 5.74) is 4.15. The minimum absolute atomic E-state index is 0.126. The van der Waals surface area contributed by atoms with Crippen molar-refractivity contribution < 1.29 is 4.79 Å². The highest BCUT2D eigenvalue weighted by atomic mass is 79.9. The highest BCUT2D eigenvalue weighted by Crippen LogP contribution is 2.31. The first-order valence-electron chi connectivity index (χ1n) is 11.4. The maximum absolute atomic E-state index is 12.8. The van der Waals surface area contributed by atoms with Crippen LogP contribution in [0.4, 0.5) is 5.82 Å². The van der Waals surface area contributed by atoms with Crippen LogP contribution < -0.4 is 10.2 Å². The van der Waals surface area contributed by atoms with Crippen molar-refractivity contribution in [2.45, 2.75) is 32.2 Å². The molecule has 176 valence electrons. The number of aromatic nitrogens is 4. The van der Waals surface area contributed by atoms with E-state index in [-0.39, 0.29) is 11.4 Å². The molecule has 0 saturated carbocycles. The summed E-state index contributed by atoms with van der Waals surface area (Å²) in [5.74, 6) is 0.765. The zero-order valence-electron chi connectivity index (χ0n) is 19.5. The molecule has 4 aromatic heterocycles. The van der Waals surface area contributed by atoms with Crippen LogP contribution in [-0.2, 0) is 0 Å². The fourth-order valence-corrected chi connectivity index (χ4v) is 4.96. The van der Waals surface area contributed by atoms with Crippen molar-refractivity contribution in [3.8, 4) is 17.2 Å². The predicted octanol–water partition coefficient (Wildman–Crippen LogP) is 4.52. The third-order valence-electron chi connectivity index (χ3n) is 6.59. The molecule has 0 unspecified atom stereocenters. The monoisotopic (exact) mass is 529 g/mol. The molecular formula is C26H24BrN7O. The molecule has 8 nitrogen and oxygen atoms in total. The van der Waals surface area contributed by atoms with Crippen LogP contribution >= 0.6 is 15.9 Å². The van der Waals surface area contributed by atoms with Crippen molar-refractivity contribution in [1.29, 1.82) is 5.26 Å². The van der Waals surface area contributed by atoms with E-state index in [1.165, 1.54) is 0 Å². The lowest BCUT2D eigenvalue weighted by molar-refractivity contribution is 0.0885. The molecule has 5 heterocycles. The van der Waals surface area contributed by atoms with Crippen LogP contribution in [0.15, 0.2) is 59.6 Å². The Bertz CT molecular complexity index is 1450. The van der Waals surface area contributed by atoms with E-state index < -0.39 is 0 Å². The third kappa shape index (κ3) is 4.49. The lowest BCUT2D eigenvalue weighted by Crippen LogP contribution is -2.53. The Morgan fingerprint density at radius 1 is 1.20 bits per heavy atom. The standard InChI is InChI=1S/C26H24BrN7O/c1-17-4-3-9-29-23(17)25(35)32-26(2)7-10-33(11-8-26)22-6-5-18(14-30-22)21-12-20(27)16-34-24(21)19(13-28)15-31-34/h3-6,9,12,14-16H,7-8,10-11H2,1-2H3,(H,32,35). The molecule has 35 heavy (non-hydrogen) atoms. The largest absolute Gasteiger partial charge is 0.356 e. The number of amides is 1. The van der Waals surface area contributed by atoms with Gasteiger partial charge in [-0.25, -0.2) is 9.50 Å². The SMILES string of the molecule is Cc1cccnc1C(=O)NC1(C)CCN(c2ccc(-c3cc(Br)cn4ncc(C#N)c34)cn2)CC1. The average molecular weight is 530 g/mol. The Kier molecular flexibility index (Phi) is 5.99. The van der Waals surface area contributed by atoms with Gasteiger partial charge in [0.2, 0.25) is 0 Å². The number of halogens is 1. The minimum atomic E-state index is -0.297. The van der Waals surface area contributed by atoms with Crippen LogP contribution in [0.1, 0.15) is 41.4 Å². The molecule has 5 rings (SSSR count). The first-order chi connectivity index (χ1) is 16.9. The average Bonchev–Trinajstić information content (AvgIpc) is 3.27. The van der Waals surface area contributed by atoms with Crippen molar-refractivity contribution in [1.82, 2.24) is 24.9 Å². The summed E-state index contributed by atoms with van der Waals surface area (Å²) >= 11 is 3.53. The Morgan fingerprint density at radius 2 is 2.00 bits per heavy atom. The highest BCUT2D eigenvalue weighted by Gasteiger charge is 2.32. The molecule has 0 aromatic carbocycles.